The van der Waals surface area contributed by atoms with Crippen LogP contribution in [0, 0.1) is 0 Å². The van der Waals surface area contributed by atoms with Crippen molar-refractivity contribution in [2.75, 3.05) is 13.7 Å². The molecule has 2 aromatic carbocycles. The summed E-state index contributed by atoms with van der Waals surface area (Å²) in [7, 11) is 1.60. The third-order valence-corrected chi connectivity index (χ3v) is 3.77. The largest absolute Gasteiger partial charge is 0.497 e. The molecule has 0 aliphatic carbocycles. The van der Waals surface area contributed by atoms with Gasteiger partial charge in [-0.1, -0.05) is 36.4 Å². The Morgan fingerprint density at radius 2 is 1.62 bits per heavy atom. The van der Waals surface area contributed by atoms with Crippen LogP contribution in [0.25, 0.3) is 0 Å². The minimum atomic E-state index is -0.339. The van der Waals surface area contributed by atoms with E-state index < -0.39 is 0 Å². The summed E-state index contributed by atoms with van der Waals surface area (Å²) in [4.78, 5) is 16.4. The van der Waals surface area contributed by atoms with Gasteiger partial charge in [0.15, 0.2) is 6.61 Å². The van der Waals surface area contributed by atoms with Gasteiger partial charge in [0.05, 0.1) is 7.11 Å². The quantitative estimate of drug-likeness (QED) is 0.688. The summed E-state index contributed by atoms with van der Waals surface area (Å²) in [6.07, 6.45) is 1.91. The van der Waals surface area contributed by atoms with Crippen LogP contribution in [0.15, 0.2) is 84.0 Å². The fourth-order valence-electron chi connectivity index (χ4n) is 2.46. The second-order valence-corrected chi connectivity index (χ2v) is 5.64. The fourth-order valence-corrected chi connectivity index (χ4v) is 2.46. The van der Waals surface area contributed by atoms with Crippen LogP contribution in [-0.2, 0) is 11.3 Å². The molecule has 0 saturated heterocycles. The Bertz CT molecular complexity index is 916. The van der Waals surface area contributed by atoms with Gasteiger partial charge >= 0.3 is 0 Å². The first kappa shape index (κ1) is 17.5. The highest BCUT2D eigenvalue weighted by molar-refractivity contribution is 5.78. The van der Waals surface area contributed by atoms with Crippen molar-refractivity contribution < 1.29 is 14.3 Å². The van der Waals surface area contributed by atoms with Crippen LogP contribution < -0.4 is 15.0 Å². The number of methoxy groups -OCH3 is 1. The maximum absolute atomic E-state index is 12.2. The first-order chi connectivity index (χ1) is 12.7. The van der Waals surface area contributed by atoms with E-state index in [9.17, 15) is 4.79 Å². The van der Waals surface area contributed by atoms with Gasteiger partial charge in [0.25, 0.3) is 5.91 Å². The van der Waals surface area contributed by atoms with Crippen molar-refractivity contribution in [3.05, 3.63) is 90.0 Å². The molecule has 132 valence electrons. The Morgan fingerprint density at radius 1 is 0.923 bits per heavy atom. The van der Waals surface area contributed by atoms with Crippen molar-refractivity contribution in [2.24, 2.45) is 4.99 Å². The van der Waals surface area contributed by atoms with E-state index in [4.69, 9.17) is 9.47 Å². The van der Waals surface area contributed by atoms with Crippen molar-refractivity contribution in [3.8, 4) is 11.5 Å². The molecule has 5 nitrogen and oxygen atoms in total. The number of amides is 1. The molecule has 0 bridgehead atoms. The predicted octanol–water partition coefficient (Wildman–Crippen LogP) is 3.05. The highest BCUT2D eigenvalue weighted by atomic mass is 16.5. The lowest BCUT2D eigenvalue weighted by Gasteiger charge is -2.08. The Balaban J connectivity index is 1.69. The molecule has 0 aliphatic rings. The average Bonchev–Trinajstić information content (AvgIpc) is 2.69. The van der Waals surface area contributed by atoms with Gasteiger partial charge < -0.3 is 14.0 Å². The number of nitrogens with zero attached hydrogens (tertiary/aromatic N) is 2. The van der Waals surface area contributed by atoms with Crippen molar-refractivity contribution in [1.82, 2.24) is 4.57 Å². The Hall–Kier alpha value is -3.34. The number of hydrogen-bond donors (Lipinski definition) is 0. The number of rotatable bonds is 6. The van der Waals surface area contributed by atoms with Crippen molar-refractivity contribution >= 4 is 5.91 Å². The van der Waals surface area contributed by atoms with E-state index in [1.54, 1.807) is 31.4 Å². The SMILES string of the molecule is COc1ccc(OCC(=O)N=c2ccccn2Cc2ccccc2)cc1. The highest BCUT2D eigenvalue weighted by Gasteiger charge is 2.03. The summed E-state index contributed by atoms with van der Waals surface area (Å²) in [6, 6.07) is 22.7. The van der Waals surface area contributed by atoms with Gasteiger partial charge in [-0.3, -0.25) is 4.79 Å². The monoisotopic (exact) mass is 348 g/mol. The van der Waals surface area contributed by atoms with E-state index in [2.05, 4.69) is 4.99 Å². The van der Waals surface area contributed by atoms with Gasteiger partial charge in [-0.05, 0) is 42.0 Å². The number of hydrogen-bond acceptors (Lipinski definition) is 3. The third-order valence-electron chi connectivity index (χ3n) is 3.77. The third kappa shape index (κ3) is 4.83. The molecular formula is C21H20N2O3. The van der Waals surface area contributed by atoms with Crippen LogP contribution >= 0.6 is 0 Å². The van der Waals surface area contributed by atoms with E-state index in [-0.39, 0.29) is 12.5 Å². The molecule has 3 rings (SSSR count). The zero-order chi connectivity index (χ0) is 18.2. The first-order valence-electron chi connectivity index (χ1n) is 8.28. The molecule has 0 radical (unpaired) electrons. The lowest BCUT2D eigenvalue weighted by atomic mass is 10.2. The van der Waals surface area contributed by atoms with Crippen LogP contribution in [-0.4, -0.2) is 24.2 Å². The number of aromatic nitrogens is 1. The molecule has 0 aliphatic heterocycles. The molecule has 0 fully saturated rings. The van der Waals surface area contributed by atoms with Gasteiger partial charge in [-0.2, -0.15) is 4.99 Å². The van der Waals surface area contributed by atoms with Gasteiger partial charge in [0, 0.05) is 12.7 Å². The molecule has 0 N–H and O–H groups in total. The number of carbonyl (C=O) groups excluding carboxylic acids is 1. The first-order valence-corrected chi connectivity index (χ1v) is 8.28. The molecule has 0 atom stereocenters. The Morgan fingerprint density at radius 3 is 2.35 bits per heavy atom. The zero-order valence-corrected chi connectivity index (χ0v) is 14.5. The van der Waals surface area contributed by atoms with Crippen molar-refractivity contribution in [3.63, 3.8) is 0 Å². The van der Waals surface area contributed by atoms with Crippen LogP contribution in [0.3, 0.4) is 0 Å². The summed E-state index contributed by atoms with van der Waals surface area (Å²) >= 11 is 0. The number of benzene rings is 2. The van der Waals surface area contributed by atoms with Gasteiger partial charge in [0.1, 0.15) is 17.0 Å². The smallest absolute Gasteiger partial charge is 0.285 e. The average molecular weight is 348 g/mol. The lowest BCUT2D eigenvalue weighted by Crippen LogP contribution is -2.23. The lowest BCUT2D eigenvalue weighted by molar-refractivity contribution is -0.120. The van der Waals surface area contributed by atoms with E-state index >= 15 is 0 Å². The molecule has 0 spiro atoms. The summed E-state index contributed by atoms with van der Waals surface area (Å²) in [5.74, 6) is 0.994. The molecule has 3 aromatic rings. The van der Waals surface area contributed by atoms with Crippen LogP contribution in [0.2, 0.25) is 0 Å². The van der Waals surface area contributed by atoms with Gasteiger partial charge in [-0.25, -0.2) is 0 Å². The number of carbonyl (C=O) groups is 1. The van der Waals surface area contributed by atoms with Crippen LogP contribution in [0.5, 0.6) is 11.5 Å². The highest BCUT2D eigenvalue weighted by Crippen LogP contribution is 2.16. The Kier molecular flexibility index (Phi) is 5.83. The van der Waals surface area contributed by atoms with E-state index in [1.165, 1.54) is 0 Å². The summed E-state index contributed by atoms with van der Waals surface area (Å²) in [6.45, 7) is 0.527. The second-order valence-electron chi connectivity index (χ2n) is 5.64. The van der Waals surface area contributed by atoms with E-state index in [1.807, 2.05) is 59.3 Å². The molecule has 5 heteroatoms. The predicted molar refractivity (Wildman–Crippen MR) is 99.0 cm³/mol. The number of ether oxygens (including phenoxy) is 2. The van der Waals surface area contributed by atoms with Crippen LogP contribution in [0.1, 0.15) is 5.56 Å². The van der Waals surface area contributed by atoms with Crippen molar-refractivity contribution in [1.29, 1.82) is 0 Å². The number of pyridine rings is 1. The van der Waals surface area contributed by atoms with Crippen LogP contribution in [0.4, 0.5) is 0 Å². The summed E-state index contributed by atoms with van der Waals surface area (Å²) in [5, 5.41) is 0. The second kappa shape index (κ2) is 8.67. The zero-order valence-electron chi connectivity index (χ0n) is 14.5. The fraction of sp³-hybridized carbons (Fsp3) is 0.143. The standard InChI is InChI=1S/C21H20N2O3/c1-25-18-10-12-19(13-11-18)26-16-21(24)22-20-9-5-6-14-23(20)15-17-7-3-2-4-8-17/h2-14H,15-16H2,1H3. The topological polar surface area (TPSA) is 52.8 Å². The van der Waals surface area contributed by atoms with Gasteiger partial charge in [0.2, 0.25) is 0 Å². The Labute approximate surface area is 152 Å². The minimum Gasteiger partial charge on any atom is -0.497 e. The summed E-state index contributed by atoms with van der Waals surface area (Å²) in [5.41, 5.74) is 1.74. The summed E-state index contributed by atoms with van der Waals surface area (Å²) < 4.78 is 12.5. The minimum absolute atomic E-state index is 0.118. The van der Waals surface area contributed by atoms with Gasteiger partial charge in [-0.15, -0.1) is 0 Å². The van der Waals surface area contributed by atoms with E-state index in [0.29, 0.717) is 17.8 Å². The molecule has 0 saturated carbocycles. The normalized spacial score (nSPS) is 11.2. The molecule has 1 heterocycles. The molecule has 0 unspecified atom stereocenters. The molecule has 26 heavy (non-hydrogen) atoms. The molecular weight excluding hydrogens is 328 g/mol. The van der Waals surface area contributed by atoms with Crippen molar-refractivity contribution in [2.45, 2.75) is 6.54 Å². The molecule has 1 amide bonds. The van der Waals surface area contributed by atoms with E-state index in [0.717, 1.165) is 11.3 Å². The molecule has 1 aromatic heterocycles. The maximum atomic E-state index is 12.2. The maximum Gasteiger partial charge on any atom is 0.285 e.